The van der Waals surface area contributed by atoms with Crippen LogP contribution >= 0.6 is 23.4 Å². The Morgan fingerprint density at radius 2 is 2.10 bits per heavy atom. The van der Waals surface area contributed by atoms with E-state index in [1.54, 1.807) is 11.8 Å². The van der Waals surface area contributed by atoms with Crippen LogP contribution in [-0.4, -0.2) is 43.4 Å². The Hall–Kier alpha value is -2.60. The maximum atomic E-state index is 6.29. The molecular formula is C22H22ClN6S+. The molecule has 30 heavy (non-hydrogen) atoms. The molecule has 3 heterocycles. The van der Waals surface area contributed by atoms with E-state index in [9.17, 15) is 0 Å². The lowest BCUT2D eigenvalue weighted by atomic mass is 10.0. The predicted octanol–water partition coefficient (Wildman–Crippen LogP) is 4.28. The average Bonchev–Trinajstić information content (AvgIpc) is 3.41. The SMILES string of the molecule is CSC1=[N+]=CCc2c(-c3ccnc(NC4CCCC4)n3)c(-c3cccc(Cl)c3)nn21. The number of benzene rings is 1. The number of fused-ring (bicyclic) bond motifs is 1. The second-order valence-corrected chi connectivity index (χ2v) is 8.70. The van der Waals surface area contributed by atoms with Crippen LogP contribution in [0.15, 0.2) is 36.5 Å². The Kier molecular flexibility index (Phi) is 5.34. The highest BCUT2D eigenvalue weighted by atomic mass is 35.5. The molecule has 0 saturated heterocycles. The molecule has 0 radical (unpaired) electrons. The number of aromatic nitrogens is 4. The summed E-state index contributed by atoms with van der Waals surface area (Å²) in [6.45, 7) is 0. The first-order chi connectivity index (χ1) is 14.7. The largest absolute Gasteiger partial charge is 0.435 e. The van der Waals surface area contributed by atoms with Crippen molar-refractivity contribution in [3.8, 4) is 22.5 Å². The van der Waals surface area contributed by atoms with Gasteiger partial charge in [-0.05, 0) is 49.1 Å². The number of rotatable bonds is 4. The minimum Gasteiger partial charge on any atom is -0.351 e. The first kappa shape index (κ1) is 19.4. The van der Waals surface area contributed by atoms with Crippen LogP contribution in [0.5, 0.6) is 0 Å². The second kappa shape index (κ2) is 8.26. The molecule has 2 aromatic heterocycles. The van der Waals surface area contributed by atoms with E-state index in [4.69, 9.17) is 21.7 Å². The molecule has 0 amide bonds. The quantitative estimate of drug-likeness (QED) is 0.617. The zero-order valence-corrected chi connectivity index (χ0v) is 18.2. The Bertz CT molecular complexity index is 1160. The van der Waals surface area contributed by atoms with Crippen molar-refractivity contribution in [2.75, 3.05) is 11.6 Å². The van der Waals surface area contributed by atoms with E-state index >= 15 is 0 Å². The molecule has 5 rings (SSSR count). The van der Waals surface area contributed by atoms with Gasteiger partial charge >= 0.3 is 5.17 Å². The van der Waals surface area contributed by atoms with Gasteiger partial charge in [0.1, 0.15) is 5.69 Å². The highest BCUT2D eigenvalue weighted by Gasteiger charge is 2.32. The molecule has 1 saturated carbocycles. The monoisotopic (exact) mass is 437 g/mol. The summed E-state index contributed by atoms with van der Waals surface area (Å²) in [4.78, 5) is 9.34. The van der Waals surface area contributed by atoms with Crippen molar-refractivity contribution in [3.63, 3.8) is 0 Å². The number of thioether (sulfide) groups is 1. The molecule has 152 valence electrons. The van der Waals surface area contributed by atoms with Gasteiger partial charge in [0.25, 0.3) is 0 Å². The van der Waals surface area contributed by atoms with Crippen molar-refractivity contribution >= 4 is 40.7 Å². The lowest BCUT2D eigenvalue weighted by Gasteiger charge is -2.12. The van der Waals surface area contributed by atoms with E-state index in [1.165, 1.54) is 25.7 Å². The van der Waals surface area contributed by atoms with E-state index in [0.717, 1.165) is 33.4 Å². The van der Waals surface area contributed by atoms with Crippen molar-refractivity contribution in [1.29, 1.82) is 0 Å². The van der Waals surface area contributed by atoms with Crippen LogP contribution in [0.1, 0.15) is 31.4 Å². The fourth-order valence-corrected chi connectivity index (χ4v) is 4.83. The van der Waals surface area contributed by atoms with Crippen LogP contribution in [0.25, 0.3) is 22.5 Å². The Balaban J connectivity index is 1.64. The summed E-state index contributed by atoms with van der Waals surface area (Å²) in [5.74, 6) is 0.676. The van der Waals surface area contributed by atoms with Gasteiger partial charge in [-0.2, -0.15) is 0 Å². The number of nitrogens with zero attached hydrogens (tertiary/aromatic N) is 5. The van der Waals surface area contributed by atoms with Gasteiger partial charge in [0.2, 0.25) is 5.95 Å². The molecule has 0 bridgehead atoms. The summed E-state index contributed by atoms with van der Waals surface area (Å²) in [5.41, 5.74) is 4.76. The number of hydrogen-bond donors (Lipinski definition) is 1. The summed E-state index contributed by atoms with van der Waals surface area (Å²) in [6, 6.07) is 10.2. The van der Waals surface area contributed by atoms with Crippen LogP contribution in [0.2, 0.25) is 5.02 Å². The molecule has 1 aliphatic heterocycles. The van der Waals surface area contributed by atoms with Crippen molar-refractivity contribution in [2.24, 2.45) is 0 Å². The molecular weight excluding hydrogens is 416 g/mol. The molecule has 8 heteroatoms. The zero-order valence-electron chi connectivity index (χ0n) is 16.7. The summed E-state index contributed by atoms with van der Waals surface area (Å²) in [7, 11) is 0. The summed E-state index contributed by atoms with van der Waals surface area (Å²) >= 11 is 7.87. The Morgan fingerprint density at radius 1 is 1.23 bits per heavy atom. The van der Waals surface area contributed by atoms with E-state index in [-0.39, 0.29) is 0 Å². The van der Waals surface area contributed by atoms with Crippen molar-refractivity contribution in [2.45, 2.75) is 38.1 Å². The Morgan fingerprint density at radius 3 is 2.90 bits per heavy atom. The van der Waals surface area contributed by atoms with Gasteiger partial charge in [-0.1, -0.05) is 46.4 Å². The number of anilines is 1. The van der Waals surface area contributed by atoms with Gasteiger partial charge < -0.3 is 5.32 Å². The van der Waals surface area contributed by atoms with Gasteiger partial charge in [-0.15, -0.1) is 0 Å². The molecule has 1 aromatic carbocycles. The molecule has 0 unspecified atom stereocenters. The third kappa shape index (κ3) is 3.65. The fraction of sp³-hybridized carbons (Fsp3) is 0.318. The van der Waals surface area contributed by atoms with E-state index in [0.29, 0.717) is 23.4 Å². The average molecular weight is 438 g/mol. The molecule has 0 atom stereocenters. The fourth-order valence-electron chi connectivity index (χ4n) is 4.13. The molecule has 6 nitrogen and oxygen atoms in total. The lowest BCUT2D eigenvalue weighted by Crippen LogP contribution is -2.20. The predicted molar refractivity (Wildman–Crippen MR) is 125 cm³/mol. The topological polar surface area (TPSA) is 69.7 Å². The first-order valence-electron chi connectivity index (χ1n) is 10.1. The van der Waals surface area contributed by atoms with Gasteiger partial charge in [0, 0.05) is 22.8 Å². The van der Waals surface area contributed by atoms with E-state index < -0.39 is 0 Å². The van der Waals surface area contributed by atoms with Crippen molar-refractivity contribution in [1.82, 2.24) is 24.4 Å². The maximum Gasteiger partial charge on any atom is 0.435 e. The van der Waals surface area contributed by atoms with Crippen LogP contribution in [0, 0.1) is 0 Å². The van der Waals surface area contributed by atoms with Crippen LogP contribution in [0.4, 0.5) is 5.95 Å². The third-order valence-corrected chi connectivity index (χ3v) is 6.41. The second-order valence-electron chi connectivity index (χ2n) is 7.49. The molecule has 0 spiro atoms. The Labute approximate surface area is 184 Å². The minimum atomic E-state index is 0.456. The molecule has 3 aromatic rings. The highest BCUT2D eigenvalue weighted by molar-refractivity contribution is 8.13. The number of hydrogen-bond acceptors (Lipinski definition) is 5. The summed E-state index contributed by atoms with van der Waals surface area (Å²) in [5, 5.41) is 9.97. The van der Waals surface area contributed by atoms with E-state index in [1.807, 2.05) is 53.7 Å². The smallest absolute Gasteiger partial charge is 0.351 e. The lowest BCUT2D eigenvalue weighted by molar-refractivity contribution is 0.744. The third-order valence-electron chi connectivity index (χ3n) is 5.53. The standard InChI is InChI=1S/C22H22ClN6S/c1-30-22-25-12-10-18-19(20(28-29(18)22)14-5-4-6-15(23)13-14)17-9-11-24-21(27-17)26-16-7-2-3-8-16/h4-6,9,11-13,16H,2-3,7-8,10H2,1H3,(H,24,26,27)/q+1. The van der Waals surface area contributed by atoms with Crippen LogP contribution in [-0.2, 0) is 6.42 Å². The number of halogens is 1. The van der Waals surface area contributed by atoms with Crippen molar-refractivity contribution in [3.05, 3.63) is 47.2 Å². The molecule has 2 aliphatic rings. The summed E-state index contributed by atoms with van der Waals surface area (Å²) < 4.78 is 6.45. The van der Waals surface area contributed by atoms with Crippen LogP contribution < -0.4 is 9.98 Å². The van der Waals surface area contributed by atoms with Crippen molar-refractivity contribution < 1.29 is 0 Å². The van der Waals surface area contributed by atoms with Gasteiger partial charge in [0.15, 0.2) is 11.9 Å². The molecule has 1 fully saturated rings. The molecule has 1 N–H and O–H groups in total. The number of nitrogens with one attached hydrogen (secondary N) is 1. The normalized spacial score (nSPS) is 15.9. The van der Waals surface area contributed by atoms with Gasteiger partial charge in [-0.25, -0.2) is 14.6 Å². The molecule has 1 aliphatic carbocycles. The van der Waals surface area contributed by atoms with Gasteiger partial charge in [0.05, 0.1) is 17.7 Å². The van der Waals surface area contributed by atoms with Crippen LogP contribution in [0.3, 0.4) is 0 Å². The van der Waals surface area contributed by atoms with Gasteiger partial charge in [-0.3, -0.25) is 0 Å². The zero-order chi connectivity index (χ0) is 20.5. The highest BCUT2D eigenvalue weighted by Crippen LogP contribution is 2.36. The first-order valence-corrected chi connectivity index (χ1v) is 11.7. The maximum absolute atomic E-state index is 6.29. The summed E-state index contributed by atoms with van der Waals surface area (Å²) in [6.07, 6.45) is 11.3. The minimum absolute atomic E-state index is 0.456. The van der Waals surface area contributed by atoms with E-state index in [2.05, 4.69) is 15.0 Å².